The number of aryl methyl sites for hydroxylation is 1. The van der Waals surface area contributed by atoms with E-state index in [1.54, 1.807) is 0 Å². The predicted octanol–water partition coefficient (Wildman–Crippen LogP) is 4.20. The van der Waals surface area contributed by atoms with Gasteiger partial charge in [-0.25, -0.2) is 9.82 Å². The quantitative estimate of drug-likeness (QED) is 0.551. The summed E-state index contributed by atoms with van der Waals surface area (Å²) in [5.74, 6) is 5.97. The van der Waals surface area contributed by atoms with Crippen LogP contribution in [0.5, 0.6) is 0 Å². The molecular weight excluding hydrogens is 335 g/mol. The van der Waals surface area contributed by atoms with Crippen molar-refractivity contribution in [2.75, 3.05) is 0 Å². The van der Waals surface area contributed by atoms with E-state index in [1.807, 2.05) is 37.3 Å². The van der Waals surface area contributed by atoms with Gasteiger partial charge in [0.05, 0.1) is 0 Å². The van der Waals surface area contributed by atoms with Gasteiger partial charge in [0.2, 0.25) is 0 Å². The van der Waals surface area contributed by atoms with Gasteiger partial charge in [-0.3, -0.25) is 5.84 Å². The SMILES string of the molecule is Cc1cccc2cc(C(NN)c3cc(F)cc(Br)c3)oc12. The van der Waals surface area contributed by atoms with Gasteiger partial charge in [-0.15, -0.1) is 0 Å². The Labute approximate surface area is 130 Å². The molecule has 3 aromatic rings. The third kappa shape index (κ3) is 2.72. The Morgan fingerprint density at radius 2 is 2.05 bits per heavy atom. The van der Waals surface area contributed by atoms with E-state index in [-0.39, 0.29) is 5.82 Å². The topological polar surface area (TPSA) is 51.2 Å². The van der Waals surface area contributed by atoms with Gasteiger partial charge in [0.25, 0.3) is 0 Å². The molecule has 0 spiro atoms. The number of furan rings is 1. The molecule has 21 heavy (non-hydrogen) atoms. The summed E-state index contributed by atoms with van der Waals surface area (Å²) in [7, 11) is 0. The fraction of sp³-hybridized carbons (Fsp3) is 0.125. The Morgan fingerprint density at radius 3 is 2.71 bits per heavy atom. The van der Waals surface area contributed by atoms with Crippen LogP contribution < -0.4 is 11.3 Å². The minimum Gasteiger partial charge on any atom is -0.459 e. The number of nitrogens with two attached hydrogens (primary N) is 1. The number of benzene rings is 2. The van der Waals surface area contributed by atoms with Crippen molar-refractivity contribution in [2.24, 2.45) is 5.84 Å². The molecule has 3 N–H and O–H groups in total. The van der Waals surface area contributed by atoms with Gasteiger partial charge < -0.3 is 4.42 Å². The highest BCUT2D eigenvalue weighted by Crippen LogP contribution is 2.30. The maximum Gasteiger partial charge on any atom is 0.137 e. The van der Waals surface area contributed by atoms with Crippen LogP contribution >= 0.6 is 15.9 Å². The molecule has 108 valence electrons. The highest BCUT2D eigenvalue weighted by molar-refractivity contribution is 9.10. The van der Waals surface area contributed by atoms with Crippen molar-refractivity contribution in [3.05, 3.63) is 69.6 Å². The molecule has 0 aliphatic rings. The number of hydrogen-bond acceptors (Lipinski definition) is 3. The highest BCUT2D eigenvalue weighted by Gasteiger charge is 2.19. The molecule has 5 heteroatoms. The van der Waals surface area contributed by atoms with Crippen molar-refractivity contribution in [1.82, 2.24) is 5.43 Å². The molecule has 0 saturated heterocycles. The van der Waals surface area contributed by atoms with E-state index >= 15 is 0 Å². The first-order chi connectivity index (χ1) is 10.1. The second kappa shape index (κ2) is 5.60. The molecule has 0 amide bonds. The van der Waals surface area contributed by atoms with Gasteiger partial charge in [0, 0.05) is 9.86 Å². The van der Waals surface area contributed by atoms with Crippen LogP contribution in [0.1, 0.15) is 22.9 Å². The van der Waals surface area contributed by atoms with Crippen LogP contribution in [-0.2, 0) is 0 Å². The molecule has 2 aromatic carbocycles. The van der Waals surface area contributed by atoms with E-state index in [0.717, 1.165) is 16.5 Å². The third-order valence-electron chi connectivity index (χ3n) is 3.43. The number of hydrazine groups is 1. The van der Waals surface area contributed by atoms with Crippen LogP contribution in [0, 0.1) is 12.7 Å². The lowest BCUT2D eigenvalue weighted by molar-refractivity contribution is 0.474. The summed E-state index contributed by atoms with van der Waals surface area (Å²) in [6.07, 6.45) is 0. The van der Waals surface area contributed by atoms with Crippen molar-refractivity contribution >= 4 is 26.9 Å². The van der Waals surface area contributed by atoms with E-state index < -0.39 is 6.04 Å². The Hall–Kier alpha value is -1.69. The molecule has 0 radical (unpaired) electrons. The van der Waals surface area contributed by atoms with E-state index in [0.29, 0.717) is 15.8 Å². The number of rotatable bonds is 3. The van der Waals surface area contributed by atoms with E-state index in [1.165, 1.54) is 12.1 Å². The summed E-state index contributed by atoms with van der Waals surface area (Å²) in [6.45, 7) is 1.99. The molecule has 3 rings (SSSR count). The summed E-state index contributed by atoms with van der Waals surface area (Å²) < 4.78 is 20.1. The summed E-state index contributed by atoms with van der Waals surface area (Å²) >= 11 is 3.29. The first kappa shape index (κ1) is 14.3. The van der Waals surface area contributed by atoms with Crippen LogP contribution in [0.25, 0.3) is 11.0 Å². The number of hydrogen-bond donors (Lipinski definition) is 2. The Kier molecular flexibility index (Phi) is 3.80. The van der Waals surface area contributed by atoms with Crippen LogP contribution in [0.3, 0.4) is 0 Å². The van der Waals surface area contributed by atoms with Gasteiger partial charge >= 0.3 is 0 Å². The molecule has 0 fully saturated rings. The average molecular weight is 349 g/mol. The lowest BCUT2D eigenvalue weighted by Crippen LogP contribution is -2.28. The fourth-order valence-electron chi connectivity index (χ4n) is 2.46. The number of halogens is 2. The molecular formula is C16H14BrFN2O. The second-order valence-electron chi connectivity index (χ2n) is 4.94. The van der Waals surface area contributed by atoms with Gasteiger partial charge in [0.15, 0.2) is 0 Å². The molecule has 0 saturated carbocycles. The zero-order chi connectivity index (χ0) is 15.0. The highest BCUT2D eigenvalue weighted by atomic mass is 79.9. The van der Waals surface area contributed by atoms with Gasteiger partial charge in [-0.05, 0) is 42.3 Å². The lowest BCUT2D eigenvalue weighted by Gasteiger charge is -2.14. The molecule has 1 aromatic heterocycles. The van der Waals surface area contributed by atoms with Gasteiger partial charge in [-0.1, -0.05) is 34.1 Å². The Balaban J connectivity index is 2.11. The molecule has 3 nitrogen and oxygen atoms in total. The number of nitrogens with one attached hydrogen (secondary N) is 1. The normalized spacial score (nSPS) is 12.8. The van der Waals surface area contributed by atoms with E-state index in [4.69, 9.17) is 10.3 Å². The van der Waals surface area contributed by atoms with Crippen LogP contribution in [-0.4, -0.2) is 0 Å². The molecule has 0 aliphatic heterocycles. The monoisotopic (exact) mass is 348 g/mol. The van der Waals surface area contributed by atoms with Crippen molar-refractivity contribution in [1.29, 1.82) is 0 Å². The van der Waals surface area contributed by atoms with Crippen molar-refractivity contribution < 1.29 is 8.81 Å². The standard InChI is InChI=1S/C16H14BrFN2O/c1-9-3-2-4-10-7-14(21-16(9)10)15(20-19)11-5-12(17)8-13(18)6-11/h2-8,15,20H,19H2,1H3. The molecule has 0 bridgehead atoms. The first-order valence-corrected chi connectivity index (χ1v) is 7.29. The van der Waals surface area contributed by atoms with Crippen molar-refractivity contribution in [3.8, 4) is 0 Å². The maximum absolute atomic E-state index is 13.6. The molecule has 1 unspecified atom stereocenters. The second-order valence-corrected chi connectivity index (χ2v) is 5.86. The lowest BCUT2D eigenvalue weighted by atomic mass is 10.0. The largest absolute Gasteiger partial charge is 0.459 e. The summed E-state index contributed by atoms with van der Waals surface area (Å²) in [5.41, 5.74) is 5.26. The summed E-state index contributed by atoms with van der Waals surface area (Å²) in [4.78, 5) is 0. The molecule has 1 atom stereocenters. The summed E-state index contributed by atoms with van der Waals surface area (Å²) in [5, 5.41) is 1.00. The van der Waals surface area contributed by atoms with Gasteiger partial charge in [0.1, 0.15) is 23.2 Å². The van der Waals surface area contributed by atoms with Crippen LogP contribution in [0.15, 0.2) is 51.4 Å². The van der Waals surface area contributed by atoms with Gasteiger partial charge in [-0.2, -0.15) is 0 Å². The number of para-hydroxylation sites is 1. The van der Waals surface area contributed by atoms with E-state index in [2.05, 4.69) is 21.4 Å². The van der Waals surface area contributed by atoms with Crippen molar-refractivity contribution in [3.63, 3.8) is 0 Å². The third-order valence-corrected chi connectivity index (χ3v) is 3.89. The minimum atomic E-state index is -0.413. The van der Waals surface area contributed by atoms with Crippen LogP contribution in [0.2, 0.25) is 0 Å². The first-order valence-electron chi connectivity index (χ1n) is 6.49. The molecule has 0 aliphatic carbocycles. The van der Waals surface area contributed by atoms with E-state index in [9.17, 15) is 4.39 Å². The Morgan fingerprint density at radius 1 is 1.24 bits per heavy atom. The zero-order valence-corrected chi connectivity index (χ0v) is 12.9. The predicted molar refractivity (Wildman–Crippen MR) is 84.2 cm³/mol. The Bertz CT molecular complexity index is 780. The fourth-order valence-corrected chi connectivity index (χ4v) is 2.94. The van der Waals surface area contributed by atoms with Crippen molar-refractivity contribution in [2.45, 2.75) is 13.0 Å². The average Bonchev–Trinajstić information content (AvgIpc) is 2.83. The minimum absolute atomic E-state index is 0.327. The zero-order valence-electron chi connectivity index (χ0n) is 11.4. The maximum atomic E-state index is 13.6. The smallest absolute Gasteiger partial charge is 0.137 e. The molecule has 1 heterocycles. The summed E-state index contributed by atoms with van der Waals surface area (Å²) in [6, 6.07) is 12.1. The van der Waals surface area contributed by atoms with Crippen LogP contribution in [0.4, 0.5) is 4.39 Å². The number of fused-ring (bicyclic) bond motifs is 1.